The Labute approximate surface area is 122 Å². The molecule has 0 spiro atoms. The average molecular weight is 293 g/mol. The van der Waals surface area contributed by atoms with E-state index in [0.717, 1.165) is 12.1 Å². The van der Waals surface area contributed by atoms with Crippen LogP contribution in [0.2, 0.25) is 5.02 Å². The number of benzene rings is 1. The second-order valence-electron chi connectivity index (χ2n) is 4.67. The fourth-order valence-electron chi connectivity index (χ4n) is 1.69. The topological polar surface area (TPSA) is 72.9 Å². The van der Waals surface area contributed by atoms with Crippen molar-refractivity contribution in [1.29, 1.82) is 0 Å². The SMILES string of the molecule is CC(N)CCNC(=O)c1cnn(-c2ccc(Cl)cc2)c1. The number of nitrogens with zero attached hydrogens (tertiary/aromatic N) is 2. The minimum Gasteiger partial charge on any atom is -0.352 e. The van der Waals surface area contributed by atoms with Crippen LogP contribution in [0.5, 0.6) is 0 Å². The van der Waals surface area contributed by atoms with Crippen LogP contribution in [0.25, 0.3) is 5.69 Å². The first-order valence-corrected chi connectivity index (χ1v) is 6.78. The van der Waals surface area contributed by atoms with E-state index in [1.165, 1.54) is 6.20 Å². The van der Waals surface area contributed by atoms with Gasteiger partial charge in [0.1, 0.15) is 0 Å². The van der Waals surface area contributed by atoms with Crippen molar-refractivity contribution in [2.24, 2.45) is 5.73 Å². The predicted octanol–water partition coefficient (Wildman–Crippen LogP) is 1.99. The molecular formula is C14H17ClN4O. The molecule has 1 aromatic heterocycles. The van der Waals surface area contributed by atoms with Crippen LogP contribution in [-0.2, 0) is 0 Å². The van der Waals surface area contributed by atoms with Crippen molar-refractivity contribution in [2.45, 2.75) is 19.4 Å². The highest BCUT2D eigenvalue weighted by atomic mass is 35.5. The minimum atomic E-state index is -0.147. The molecule has 1 unspecified atom stereocenters. The number of halogens is 1. The zero-order valence-corrected chi connectivity index (χ0v) is 12.0. The van der Waals surface area contributed by atoms with E-state index in [1.54, 1.807) is 23.0 Å². The second kappa shape index (κ2) is 6.54. The van der Waals surface area contributed by atoms with Crippen LogP contribution < -0.4 is 11.1 Å². The van der Waals surface area contributed by atoms with Gasteiger partial charge in [0.15, 0.2) is 0 Å². The van der Waals surface area contributed by atoms with Crippen molar-refractivity contribution in [2.75, 3.05) is 6.54 Å². The van der Waals surface area contributed by atoms with E-state index in [1.807, 2.05) is 19.1 Å². The Morgan fingerprint density at radius 2 is 2.15 bits per heavy atom. The molecule has 0 saturated heterocycles. The van der Waals surface area contributed by atoms with E-state index in [2.05, 4.69) is 10.4 Å². The molecule has 1 atom stereocenters. The molecule has 0 radical (unpaired) electrons. The largest absolute Gasteiger partial charge is 0.352 e. The Morgan fingerprint density at radius 3 is 2.80 bits per heavy atom. The summed E-state index contributed by atoms with van der Waals surface area (Å²) >= 11 is 5.83. The molecule has 5 nitrogen and oxygen atoms in total. The molecule has 106 valence electrons. The molecule has 1 amide bonds. The van der Waals surface area contributed by atoms with Gasteiger partial charge < -0.3 is 11.1 Å². The Balaban J connectivity index is 2.01. The Morgan fingerprint density at radius 1 is 1.45 bits per heavy atom. The number of hydrogen-bond acceptors (Lipinski definition) is 3. The van der Waals surface area contributed by atoms with Crippen molar-refractivity contribution in [3.63, 3.8) is 0 Å². The Kier molecular flexibility index (Phi) is 4.76. The third kappa shape index (κ3) is 3.82. The lowest BCUT2D eigenvalue weighted by Crippen LogP contribution is -2.28. The Hall–Kier alpha value is -1.85. The molecule has 0 fully saturated rings. The van der Waals surface area contributed by atoms with Crippen molar-refractivity contribution >= 4 is 17.5 Å². The molecule has 3 N–H and O–H groups in total. The molecule has 6 heteroatoms. The molecule has 0 aliphatic heterocycles. The lowest BCUT2D eigenvalue weighted by atomic mass is 10.2. The molecule has 1 heterocycles. The summed E-state index contributed by atoms with van der Waals surface area (Å²) in [6.45, 7) is 2.47. The van der Waals surface area contributed by atoms with E-state index < -0.39 is 0 Å². The smallest absolute Gasteiger partial charge is 0.254 e. The average Bonchev–Trinajstić information content (AvgIpc) is 2.88. The summed E-state index contributed by atoms with van der Waals surface area (Å²) < 4.78 is 1.64. The maximum absolute atomic E-state index is 11.9. The molecule has 20 heavy (non-hydrogen) atoms. The summed E-state index contributed by atoms with van der Waals surface area (Å²) in [6.07, 6.45) is 3.97. The number of nitrogens with two attached hydrogens (primary N) is 1. The fourth-order valence-corrected chi connectivity index (χ4v) is 1.82. The summed E-state index contributed by atoms with van der Waals surface area (Å²) in [4.78, 5) is 11.9. The number of nitrogens with one attached hydrogen (secondary N) is 1. The van der Waals surface area contributed by atoms with Crippen molar-refractivity contribution in [1.82, 2.24) is 15.1 Å². The fraction of sp³-hybridized carbons (Fsp3) is 0.286. The third-order valence-electron chi connectivity index (χ3n) is 2.82. The summed E-state index contributed by atoms with van der Waals surface area (Å²) in [5.41, 5.74) is 7.00. The standard InChI is InChI=1S/C14H17ClN4O/c1-10(16)6-7-17-14(20)11-8-18-19(9-11)13-4-2-12(15)3-5-13/h2-5,8-10H,6-7,16H2,1H3,(H,17,20). The van der Waals surface area contributed by atoms with Crippen molar-refractivity contribution in [3.05, 3.63) is 47.2 Å². The highest BCUT2D eigenvalue weighted by molar-refractivity contribution is 6.30. The number of carbonyl (C=O) groups excluding carboxylic acids is 1. The van der Waals surface area contributed by atoms with Crippen LogP contribution in [0, 0.1) is 0 Å². The summed E-state index contributed by atoms with van der Waals surface area (Å²) in [5, 5.41) is 7.64. The molecular weight excluding hydrogens is 276 g/mol. The van der Waals surface area contributed by atoms with Crippen LogP contribution in [0.4, 0.5) is 0 Å². The van der Waals surface area contributed by atoms with Gasteiger partial charge in [-0.15, -0.1) is 0 Å². The summed E-state index contributed by atoms with van der Waals surface area (Å²) in [5.74, 6) is -0.147. The number of rotatable bonds is 5. The first-order chi connectivity index (χ1) is 9.56. The van der Waals surface area contributed by atoms with E-state index in [9.17, 15) is 4.79 Å². The molecule has 2 aromatic rings. The zero-order chi connectivity index (χ0) is 14.5. The van der Waals surface area contributed by atoms with Gasteiger partial charge in [-0.1, -0.05) is 11.6 Å². The van der Waals surface area contributed by atoms with Gasteiger partial charge >= 0.3 is 0 Å². The van der Waals surface area contributed by atoms with Gasteiger partial charge in [0, 0.05) is 23.8 Å². The number of hydrogen-bond donors (Lipinski definition) is 2. The van der Waals surface area contributed by atoms with Crippen LogP contribution in [0.15, 0.2) is 36.7 Å². The number of amides is 1. The molecule has 0 aliphatic rings. The predicted molar refractivity (Wildman–Crippen MR) is 79.2 cm³/mol. The molecule has 2 rings (SSSR count). The van der Waals surface area contributed by atoms with E-state index >= 15 is 0 Å². The van der Waals surface area contributed by atoms with Crippen molar-refractivity contribution in [3.8, 4) is 5.69 Å². The minimum absolute atomic E-state index is 0.0760. The Bertz CT molecular complexity index is 577. The molecule has 0 aliphatic carbocycles. The third-order valence-corrected chi connectivity index (χ3v) is 3.07. The van der Waals surface area contributed by atoms with Gasteiger partial charge in [0.05, 0.1) is 17.4 Å². The van der Waals surface area contributed by atoms with Gasteiger partial charge in [-0.3, -0.25) is 4.79 Å². The highest BCUT2D eigenvalue weighted by Crippen LogP contribution is 2.13. The number of aromatic nitrogens is 2. The second-order valence-corrected chi connectivity index (χ2v) is 5.11. The first-order valence-electron chi connectivity index (χ1n) is 6.40. The number of carbonyl (C=O) groups is 1. The quantitative estimate of drug-likeness (QED) is 0.885. The monoisotopic (exact) mass is 292 g/mol. The molecule has 0 bridgehead atoms. The van der Waals surface area contributed by atoms with Crippen LogP contribution in [-0.4, -0.2) is 28.3 Å². The highest BCUT2D eigenvalue weighted by Gasteiger charge is 2.09. The molecule has 0 saturated carbocycles. The summed E-state index contributed by atoms with van der Waals surface area (Å²) in [7, 11) is 0. The lowest BCUT2D eigenvalue weighted by Gasteiger charge is -2.05. The maximum atomic E-state index is 11.9. The van der Waals surface area contributed by atoms with Gasteiger partial charge in [-0.2, -0.15) is 5.10 Å². The zero-order valence-electron chi connectivity index (χ0n) is 11.2. The summed E-state index contributed by atoms with van der Waals surface area (Å²) in [6, 6.07) is 7.31. The maximum Gasteiger partial charge on any atom is 0.254 e. The van der Waals surface area contributed by atoms with Crippen LogP contribution >= 0.6 is 11.6 Å². The normalized spacial score (nSPS) is 12.2. The van der Waals surface area contributed by atoms with Crippen LogP contribution in [0.1, 0.15) is 23.7 Å². The van der Waals surface area contributed by atoms with Gasteiger partial charge in [0.2, 0.25) is 0 Å². The van der Waals surface area contributed by atoms with Gasteiger partial charge in [-0.05, 0) is 37.6 Å². The molecule has 1 aromatic carbocycles. The van der Waals surface area contributed by atoms with E-state index in [4.69, 9.17) is 17.3 Å². The van der Waals surface area contributed by atoms with Crippen molar-refractivity contribution < 1.29 is 4.79 Å². The van der Waals surface area contributed by atoms with Crippen LogP contribution in [0.3, 0.4) is 0 Å². The van der Waals surface area contributed by atoms with Gasteiger partial charge in [0.25, 0.3) is 5.91 Å². The van der Waals surface area contributed by atoms with Gasteiger partial charge in [-0.25, -0.2) is 4.68 Å². The lowest BCUT2D eigenvalue weighted by molar-refractivity contribution is 0.0953. The van der Waals surface area contributed by atoms with E-state index in [0.29, 0.717) is 17.1 Å². The first kappa shape index (κ1) is 14.6. The van der Waals surface area contributed by atoms with E-state index in [-0.39, 0.29) is 11.9 Å².